The minimum Gasteiger partial charge on any atom is -0.472 e. The number of nitrogens with one attached hydrogen (secondary N) is 1. The number of pyridine rings is 1. The van der Waals surface area contributed by atoms with Crippen LogP contribution in [0.25, 0.3) is 22.2 Å². The zero-order chi connectivity index (χ0) is 33.4. The number of hydrogen-bond donors (Lipinski definition) is 2. The van der Waals surface area contributed by atoms with Crippen molar-refractivity contribution in [1.82, 2.24) is 25.2 Å². The summed E-state index contributed by atoms with van der Waals surface area (Å²) < 4.78 is 107. The van der Waals surface area contributed by atoms with Crippen molar-refractivity contribution in [2.75, 3.05) is 63.2 Å². The quantitative estimate of drug-likeness (QED) is 0.280. The highest BCUT2D eigenvalue weighted by Crippen LogP contribution is 2.46. The molecule has 6 heterocycles. The molecule has 3 aromatic rings. The van der Waals surface area contributed by atoms with Gasteiger partial charge in [0.05, 0.1) is 30.5 Å². The lowest BCUT2D eigenvalue weighted by molar-refractivity contribution is -0.191. The van der Waals surface area contributed by atoms with E-state index in [1.54, 1.807) is 6.92 Å². The summed E-state index contributed by atoms with van der Waals surface area (Å²) in [6.45, 7) is 8.06. The number of piperazine rings is 1. The first-order valence-electron chi connectivity index (χ1n) is 15.6. The molecule has 3 N–H and O–H groups in total. The molecule has 1 aromatic carbocycles. The van der Waals surface area contributed by atoms with E-state index in [4.69, 9.17) is 19.9 Å². The van der Waals surface area contributed by atoms with Crippen molar-refractivity contribution in [3.63, 3.8) is 0 Å². The smallest absolute Gasteiger partial charge is 0.417 e. The predicted molar refractivity (Wildman–Crippen MR) is 160 cm³/mol. The molecule has 254 valence electrons. The summed E-state index contributed by atoms with van der Waals surface area (Å²) in [4.78, 5) is 17.0. The van der Waals surface area contributed by atoms with Gasteiger partial charge in [-0.1, -0.05) is 6.92 Å². The predicted octanol–water partition coefficient (Wildman–Crippen LogP) is 4.27. The Bertz CT molecular complexity index is 1710. The number of hydrogen-bond acceptors (Lipinski definition) is 10. The fourth-order valence-electron chi connectivity index (χ4n) is 7.14. The van der Waals surface area contributed by atoms with Crippen molar-refractivity contribution in [1.29, 1.82) is 0 Å². The third-order valence-electron chi connectivity index (χ3n) is 9.60. The Hall–Kier alpha value is -3.63. The van der Waals surface area contributed by atoms with Crippen LogP contribution in [0, 0.1) is 24.0 Å². The molecule has 0 radical (unpaired) electrons. The van der Waals surface area contributed by atoms with Crippen LogP contribution in [0.5, 0.6) is 11.9 Å². The fraction of sp³-hybridized carbons (Fsp3) is 0.581. The van der Waals surface area contributed by atoms with Gasteiger partial charge >= 0.3 is 12.2 Å². The average Bonchev–Trinajstić information content (AvgIpc) is 3.10. The Kier molecular flexibility index (Phi) is 7.82. The number of benzene rings is 1. The van der Waals surface area contributed by atoms with Crippen LogP contribution in [0.1, 0.15) is 31.4 Å². The van der Waals surface area contributed by atoms with Gasteiger partial charge in [0.15, 0.2) is 5.82 Å². The van der Waals surface area contributed by atoms with Gasteiger partial charge < -0.3 is 30.2 Å². The SMILES string of the molecule is CC[C@@H]1CN2c3nc(OC[C@@H](F)CN4CC5(COC5)C4)nc4c(F)c(-c5cc(N)c(F)c(C)c5C(F)(F)F)nc(c34)O[C@@H](C)[C@@H]2CN1. The number of nitrogens with zero attached hydrogens (tertiary/aromatic N) is 5. The van der Waals surface area contributed by atoms with Crippen LogP contribution in [-0.2, 0) is 10.9 Å². The molecule has 16 heteroatoms. The van der Waals surface area contributed by atoms with E-state index in [1.807, 2.05) is 16.7 Å². The van der Waals surface area contributed by atoms with Crippen LogP contribution in [0.15, 0.2) is 6.07 Å². The van der Waals surface area contributed by atoms with Gasteiger partial charge in [-0.25, -0.2) is 18.2 Å². The molecule has 7 rings (SSSR count). The standard InChI is InChI=1S/C31H35F6N7O3/c1-4-17-8-44-20(6-39-17)15(3)47-28-21-26(24(34)25(40-28)18-5-19(38)23(33)14(2)22(18)31(35,36)37)41-29(42-27(21)44)46-9-16(32)7-43-10-30(11-43)12-45-13-30/h5,15-17,20,39H,4,6-13,38H2,1-3H3/t15-,16-,17+,20-/m0/s1. The van der Waals surface area contributed by atoms with Gasteiger partial charge in [-0.05, 0) is 31.9 Å². The molecule has 0 amide bonds. The summed E-state index contributed by atoms with van der Waals surface area (Å²) in [6, 6.07) is 0.0661. The van der Waals surface area contributed by atoms with E-state index in [9.17, 15) is 17.6 Å². The lowest BCUT2D eigenvalue weighted by Gasteiger charge is -2.55. The second kappa shape index (κ2) is 11.5. The number of alkyl halides is 4. The Balaban J connectivity index is 1.33. The Morgan fingerprint density at radius 1 is 1.17 bits per heavy atom. The number of nitrogens with two attached hydrogens (primary N) is 1. The lowest BCUT2D eigenvalue weighted by atomic mass is 9.78. The van der Waals surface area contributed by atoms with Gasteiger partial charge in [-0.15, -0.1) is 0 Å². The summed E-state index contributed by atoms with van der Waals surface area (Å²) >= 11 is 0. The second-order valence-electron chi connectivity index (χ2n) is 13.1. The molecular formula is C31H35F6N7O3. The average molecular weight is 668 g/mol. The minimum absolute atomic E-state index is 0.0375. The zero-order valence-electron chi connectivity index (χ0n) is 26.1. The van der Waals surface area contributed by atoms with E-state index < -0.39 is 70.3 Å². The van der Waals surface area contributed by atoms with E-state index >= 15 is 8.78 Å². The molecule has 3 saturated heterocycles. The number of aromatic nitrogens is 3. The van der Waals surface area contributed by atoms with Gasteiger partial charge in [0, 0.05) is 49.7 Å². The van der Waals surface area contributed by atoms with Crippen LogP contribution in [-0.4, -0.2) is 96.8 Å². The maximum atomic E-state index is 16.6. The largest absolute Gasteiger partial charge is 0.472 e. The number of halogens is 6. The van der Waals surface area contributed by atoms with E-state index in [1.165, 1.54) is 0 Å². The molecule has 0 unspecified atom stereocenters. The van der Waals surface area contributed by atoms with E-state index in [-0.39, 0.29) is 47.1 Å². The van der Waals surface area contributed by atoms with Gasteiger partial charge in [0.2, 0.25) is 5.88 Å². The number of fused-ring (bicyclic) bond motifs is 2. The molecule has 0 aliphatic carbocycles. The molecule has 1 spiro atoms. The second-order valence-corrected chi connectivity index (χ2v) is 13.1. The molecule has 47 heavy (non-hydrogen) atoms. The maximum absolute atomic E-state index is 16.6. The fourth-order valence-corrected chi connectivity index (χ4v) is 7.14. The van der Waals surface area contributed by atoms with Crippen molar-refractivity contribution < 1.29 is 40.6 Å². The molecule has 4 atom stereocenters. The summed E-state index contributed by atoms with van der Waals surface area (Å²) in [6.07, 6.45) is -6.30. The summed E-state index contributed by atoms with van der Waals surface area (Å²) in [5, 5.41) is 3.48. The molecule has 0 saturated carbocycles. The highest BCUT2D eigenvalue weighted by molar-refractivity contribution is 5.97. The highest BCUT2D eigenvalue weighted by atomic mass is 19.4. The lowest BCUT2D eigenvalue weighted by Crippen LogP contribution is -2.66. The first kappa shape index (κ1) is 31.9. The Morgan fingerprint density at radius 2 is 1.91 bits per heavy atom. The maximum Gasteiger partial charge on any atom is 0.417 e. The number of likely N-dealkylation sites (tertiary alicyclic amines) is 1. The van der Waals surface area contributed by atoms with E-state index in [2.05, 4.69) is 20.3 Å². The molecule has 3 fully saturated rings. The number of ether oxygens (including phenoxy) is 3. The molecule has 4 aliphatic rings. The number of nitrogen functional groups attached to an aromatic ring is 1. The van der Waals surface area contributed by atoms with Crippen LogP contribution < -0.4 is 25.4 Å². The Morgan fingerprint density at radius 3 is 2.57 bits per heavy atom. The molecular weight excluding hydrogens is 632 g/mol. The van der Waals surface area contributed by atoms with Crippen LogP contribution in [0.4, 0.5) is 37.8 Å². The van der Waals surface area contributed by atoms with E-state index in [0.29, 0.717) is 32.4 Å². The summed E-state index contributed by atoms with van der Waals surface area (Å²) in [7, 11) is 0. The molecule has 4 aliphatic heterocycles. The van der Waals surface area contributed by atoms with Gasteiger partial charge in [0.25, 0.3) is 0 Å². The summed E-state index contributed by atoms with van der Waals surface area (Å²) in [5.74, 6) is -2.49. The zero-order valence-corrected chi connectivity index (χ0v) is 26.1. The third kappa shape index (κ3) is 5.47. The van der Waals surface area contributed by atoms with Crippen LogP contribution in [0.3, 0.4) is 0 Å². The van der Waals surface area contributed by atoms with Crippen LogP contribution in [0.2, 0.25) is 0 Å². The van der Waals surface area contributed by atoms with Crippen molar-refractivity contribution in [2.24, 2.45) is 5.41 Å². The first-order chi connectivity index (χ1) is 22.3. The van der Waals surface area contributed by atoms with Gasteiger partial charge in [0.1, 0.15) is 47.1 Å². The molecule has 0 bridgehead atoms. The topological polar surface area (TPSA) is 111 Å². The van der Waals surface area contributed by atoms with Gasteiger partial charge in [-0.3, -0.25) is 4.90 Å². The highest BCUT2D eigenvalue weighted by Gasteiger charge is 2.49. The van der Waals surface area contributed by atoms with Crippen molar-refractivity contribution in [3.05, 3.63) is 28.8 Å². The summed E-state index contributed by atoms with van der Waals surface area (Å²) in [5.41, 5.74) is 1.02. The molecule has 10 nitrogen and oxygen atoms in total. The van der Waals surface area contributed by atoms with Crippen molar-refractivity contribution in [3.8, 4) is 23.1 Å². The molecule has 2 aromatic heterocycles. The van der Waals surface area contributed by atoms with Crippen molar-refractivity contribution >= 4 is 22.4 Å². The van der Waals surface area contributed by atoms with Gasteiger partial charge in [-0.2, -0.15) is 23.1 Å². The van der Waals surface area contributed by atoms with Crippen LogP contribution >= 0.6 is 0 Å². The van der Waals surface area contributed by atoms with E-state index in [0.717, 1.165) is 26.4 Å². The Labute approximate surface area is 266 Å². The number of anilines is 2. The first-order valence-corrected chi connectivity index (χ1v) is 15.6. The third-order valence-corrected chi connectivity index (χ3v) is 9.60. The monoisotopic (exact) mass is 667 g/mol. The normalized spacial score (nSPS) is 24.3. The van der Waals surface area contributed by atoms with Crippen molar-refractivity contribution in [2.45, 2.75) is 57.7 Å². The minimum atomic E-state index is -5.08. The number of rotatable bonds is 7.